The van der Waals surface area contributed by atoms with Gasteiger partial charge >= 0.3 is 0 Å². The van der Waals surface area contributed by atoms with Crippen molar-refractivity contribution in [2.45, 2.75) is 31.9 Å². The molecule has 0 bridgehead atoms. The molecular weight excluding hydrogens is 214 g/mol. The zero-order valence-corrected chi connectivity index (χ0v) is 10.5. The molecule has 1 aromatic rings. The van der Waals surface area contributed by atoms with Crippen molar-refractivity contribution in [3.63, 3.8) is 0 Å². The van der Waals surface area contributed by atoms with Gasteiger partial charge in [0, 0.05) is 12.6 Å². The Labute approximate surface area is 103 Å². The van der Waals surface area contributed by atoms with Gasteiger partial charge in [0.15, 0.2) is 0 Å². The number of hydrogen-bond acceptors (Lipinski definition) is 3. The Kier molecular flexibility index (Phi) is 4.02. The van der Waals surface area contributed by atoms with Gasteiger partial charge in [-0.2, -0.15) is 0 Å². The van der Waals surface area contributed by atoms with Crippen LogP contribution in [0.4, 0.5) is 0 Å². The quantitative estimate of drug-likeness (QED) is 0.793. The number of rotatable bonds is 6. The van der Waals surface area contributed by atoms with E-state index in [1.807, 2.05) is 24.3 Å². The smallest absolute Gasteiger partial charge is 0.119 e. The van der Waals surface area contributed by atoms with Crippen LogP contribution in [-0.2, 0) is 0 Å². The van der Waals surface area contributed by atoms with Crippen LogP contribution in [0.2, 0.25) is 0 Å². The van der Waals surface area contributed by atoms with Crippen molar-refractivity contribution in [1.29, 1.82) is 0 Å². The molecule has 3 heteroatoms. The molecule has 0 saturated heterocycles. The summed E-state index contributed by atoms with van der Waals surface area (Å²) in [5.74, 6) is 1.60. The Morgan fingerprint density at radius 3 is 3.00 bits per heavy atom. The van der Waals surface area contributed by atoms with Crippen LogP contribution in [-0.4, -0.2) is 24.8 Å². The third-order valence-corrected chi connectivity index (χ3v) is 3.50. The number of methoxy groups -OCH3 is 1. The highest BCUT2D eigenvalue weighted by Crippen LogP contribution is 2.33. The standard InChI is InChI=1S/C14H21NO2/c1-3-10-8-13(10)15-9-14(16)11-5-4-6-12(7-11)17-2/h4-7,10,13-16H,3,8-9H2,1-2H3. The summed E-state index contributed by atoms with van der Waals surface area (Å²) in [6, 6.07) is 8.22. The first kappa shape index (κ1) is 12.4. The van der Waals surface area contributed by atoms with Crippen molar-refractivity contribution in [1.82, 2.24) is 5.32 Å². The van der Waals surface area contributed by atoms with E-state index in [4.69, 9.17) is 4.74 Å². The molecule has 3 unspecified atom stereocenters. The van der Waals surface area contributed by atoms with Crippen LogP contribution in [0.25, 0.3) is 0 Å². The lowest BCUT2D eigenvalue weighted by molar-refractivity contribution is 0.173. The minimum Gasteiger partial charge on any atom is -0.497 e. The predicted molar refractivity (Wildman–Crippen MR) is 68.1 cm³/mol. The molecule has 0 amide bonds. The van der Waals surface area contributed by atoms with Gasteiger partial charge in [-0.3, -0.25) is 0 Å². The molecule has 17 heavy (non-hydrogen) atoms. The molecule has 1 fully saturated rings. The molecule has 1 aliphatic carbocycles. The number of ether oxygens (including phenoxy) is 1. The van der Waals surface area contributed by atoms with Gasteiger partial charge < -0.3 is 15.2 Å². The summed E-state index contributed by atoms with van der Waals surface area (Å²) in [4.78, 5) is 0. The Bertz CT molecular complexity index is 367. The highest BCUT2D eigenvalue weighted by molar-refractivity contribution is 5.29. The van der Waals surface area contributed by atoms with Crippen LogP contribution < -0.4 is 10.1 Å². The Morgan fingerprint density at radius 2 is 2.35 bits per heavy atom. The van der Waals surface area contributed by atoms with Crippen molar-refractivity contribution >= 4 is 0 Å². The molecule has 3 atom stereocenters. The molecule has 3 nitrogen and oxygen atoms in total. The van der Waals surface area contributed by atoms with Gasteiger partial charge in [0.1, 0.15) is 5.75 Å². The van der Waals surface area contributed by atoms with Crippen molar-refractivity contribution in [3.05, 3.63) is 29.8 Å². The van der Waals surface area contributed by atoms with Gasteiger partial charge in [0.2, 0.25) is 0 Å². The van der Waals surface area contributed by atoms with E-state index in [9.17, 15) is 5.11 Å². The number of hydrogen-bond donors (Lipinski definition) is 2. The number of aliphatic hydroxyl groups excluding tert-OH is 1. The van der Waals surface area contributed by atoms with Crippen LogP contribution in [0.3, 0.4) is 0 Å². The van der Waals surface area contributed by atoms with Gasteiger partial charge in [0.05, 0.1) is 13.2 Å². The second kappa shape index (κ2) is 5.52. The van der Waals surface area contributed by atoms with Crippen molar-refractivity contribution in [2.75, 3.05) is 13.7 Å². The zero-order chi connectivity index (χ0) is 12.3. The van der Waals surface area contributed by atoms with E-state index in [0.29, 0.717) is 12.6 Å². The third kappa shape index (κ3) is 3.20. The molecular formula is C14H21NO2. The zero-order valence-electron chi connectivity index (χ0n) is 10.5. The van der Waals surface area contributed by atoms with E-state index in [2.05, 4.69) is 12.2 Å². The van der Waals surface area contributed by atoms with E-state index < -0.39 is 6.10 Å². The summed E-state index contributed by atoms with van der Waals surface area (Å²) in [5.41, 5.74) is 0.908. The van der Waals surface area contributed by atoms with Gasteiger partial charge in [-0.1, -0.05) is 25.5 Å². The number of benzene rings is 1. The molecule has 1 aliphatic rings. The maximum Gasteiger partial charge on any atom is 0.119 e. The van der Waals surface area contributed by atoms with Crippen LogP contribution in [0.15, 0.2) is 24.3 Å². The van der Waals surface area contributed by atoms with Gasteiger partial charge in [-0.25, -0.2) is 0 Å². The Morgan fingerprint density at radius 1 is 1.53 bits per heavy atom. The lowest BCUT2D eigenvalue weighted by Gasteiger charge is -2.13. The molecule has 0 spiro atoms. The second-order valence-corrected chi connectivity index (χ2v) is 4.71. The summed E-state index contributed by atoms with van der Waals surface area (Å²) >= 11 is 0. The summed E-state index contributed by atoms with van der Waals surface area (Å²) in [5, 5.41) is 13.5. The average Bonchev–Trinajstić information content (AvgIpc) is 3.14. The summed E-state index contributed by atoms with van der Waals surface area (Å²) in [7, 11) is 1.64. The monoisotopic (exact) mass is 235 g/mol. The topological polar surface area (TPSA) is 41.5 Å². The Hall–Kier alpha value is -1.06. The van der Waals surface area contributed by atoms with Crippen LogP contribution in [0.1, 0.15) is 31.4 Å². The minimum atomic E-state index is -0.455. The maximum absolute atomic E-state index is 10.1. The van der Waals surface area contributed by atoms with Gasteiger partial charge in [-0.15, -0.1) is 0 Å². The lowest BCUT2D eigenvalue weighted by Crippen LogP contribution is -2.24. The fraction of sp³-hybridized carbons (Fsp3) is 0.571. The molecule has 94 valence electrons. The van der Waals surface area contributed by atoms with E-state index >= 15 is 0 Å². The fourth-order valence-corrected chi connectivity index (χ4v) is 2.18. The molecule has 0 aromatic heterocycles. The molecule has 0 heterocycles. The molecule has 0 radical (unpaired) electrons. The van der Waals surface area contributed by atoms with E-state index in [-0.39, 0.29) is 0 Å². The summed E-state index contributed by atoms with van der Waals surface area (Å²) < 4.78 is 5.15. The van der Waals surface area contributed by atoms with Crippen LogP contribution in [0, 0.1) is 5.92 Å². The molecule has 1 aromatic carbocycles. The summed E-state index contributed by atoms with van der Waals surface area (Å²) in [6.45, 7) is 2.83. The first-order chi connectivity index (χ1) is 8.24. The molecule has 0 aliphatic heterocycles. The van der Waals surface area contributed by atoms with E-state index in [1.54, 1.807) is 7.11 Å². The number of nitrogens with one attached hydrogen (secondary N) is 1. The number of aliphatic hydroxyl groups is 1. The first-order valence-electron chi connectivity index (χ1n) is 6.30. The highest BCUT2D eigenvalue weighted by Gasteiger charge is 2.34. The normalized spacial score (nSPS) is 24.4. The van der Waals surface area contributed by atoms with Crippen molar-refractivity contribution in [2.24, 2.45) is 5.92 Å². The van der Waals surface area contributed by atoms with Crippen molar-refractivity contribution < 1.29 is 9.84 Å². The van der Waals surface area contributed by atoms with Crippen LogP contribution in [0.5, 0.6) is 5.75 Å². The minimum absolute atomic E-state index is 0.455. The summed E-state index contributed by atoms with van der Waals surface area (Å²) in [6.07, 6.45) is 2.03. The van der Waals surface area contributed by atoms with Crippen molar-refractivity contribution in [3.8, 4) is 5.75 Å². The highest BCUT2D eigenvalue weighted by atomic mass is 16.5. The Balaban J connectivity index is 1.84. The average molecular weight is 235 g/mol. The second-order valence-electron chi connectivity index (χ2n) is 4.71. The first-order valence-corrected chi connectivity index (χ1v) is 6.30. The predicted octanol–water partition coefficient (Wildman–Crippen LogP) is 2.12. The largest absolute Gasteiger partial charge is 0.497 e. The van der Waals surface area contributed by atoms with E-state index in [0.717, 1.165) is 17.2 Å². The fourth-order valence-electron chi connectivity index (χ4n) is 2.18. The van der Waals surface area contributed by atoms with E-state index in [1.165, 1.54) is 12.8 Å². The SMILES string of the molecule is CCC1CC1NCC(O)c1cccc(OC)c1. The lowest BCUT2D eigenvalue weighted by atomic mass is 10.1. The van der Waals surface area contributed by atoms with Gasteiger partial charge in [0.25, 0.3) is 0 Å². The van der Waals surface area contributed by atoms with Gasteiger partial charge in [-0.05, 0) is 30.0 Å². The molecule has 1 saturated carbocycles. The molecule has 2 rings (SSSR count). The van der Waals surface area contributed by atoms with Crippen LogP contribution >= 0.6 is 0 Å². The maximum atomic E-state index is 10.1. The molecule has 2 N–H and O–H groups in total. The third-order valence-electron chi connectivity index (χ3n) is 3.50.